The van der Waals surface area contributed by atoms with E-state index in [1.165, 1.54) is 12.8 Å². The van der Waals surface area contributed by atoms with Crippen LogP contribution < -0.4 is 0 Å². The molecule has 1 fully saturated rings. The van der Waals surface area contributed by atoms with Crippen LogP contribution in [0.4, 0.5) is 4.39 Å². The summed E-state index contributed by atoms with van der Waals surface area (Å²) in [5, 5.41) is 0.808. The fraction of sp³-hybridized carbons (Fsp3) is 0.500. The monoisotopic (exact) mass is 260 g/mol. The maximum Gasteiger partial charge on any atom is 0.132 e. The zero-order valence-electron chi connectivity index (χ0n) is 11.7. The van der Waals surface area contributed by atoms with Crippen molar-refractivity contribution < 1.29 is 4.39 Å². The van der Waals surface area contributed by atoms with Crippen molar-refractivity contribution in [1.29, 1.82) is 0 Å². The lowest BCUT2D eigenvalue weighted by Gasteiger charge is -2.13. The summed E-state index contributed by atoms with van der Waals surface area (Å²) in [6, 6.07) is 5.75. The molecule has 1 saturated heterocycles. The van der Waals surface area contributed by atoms with E-state index in [0.717, 1.165) is 36.1 Å². The van der Waals surface area contributed by atoms with Gasteiger partial charge >= 0.3 is 0 Å². The summed E-state index contributed by atoms with van der Waals surface area (Å²) in [6.07, 6.45) is 4.67. The molecule has 0 unspecified atom stereocenters. The predicted octanol–water partition coefficient (Wildman–Crippen LogP) is 3.96. The third-order valence-corrected chi connectivity index (χ3v) is 4.03. The number of aromatic nitrogens is 1. The van der Waals surface area contributed by atoms with Crippen molar-refractivity contribution in [3.63, 3.8) is 0 Å². The molecule has 0 atom stereocenters. The Balaban J connectivity index is 2.07. The molecule has 19 heavy (non-hydrogen) atoms. The van der Waals surface area contributed by atoms with Crippen LogP contribution in [-0.4, -0.2) is 22.6 Å². The second-order valence-electron chi connectivity index (χ2n) is 5.77. The Labute approximate surface area is 113 Å². The fourth-order valence-electron chi connectivity index (χ4n) is 3.08. The topological polar surface area (TPSA) is 8.17 Å². The number of hydrogen-bond acceptors (Lipinski definition) is 1. The van der Waals surface area contributed by atoms with Gasteiger partial charge in [0, 0.05) is 24.2 Å². The number of rotatable bonds is 3. The first kappa shape index (κ1) is 12.7. The lowest BCUT2D eigenvalue weighted by molar-refractivity contribution is 0.332. The molecule has 1 aliphatic heterocycles. The third kappa shape index (κ3) is 2.27. The number of likely N-dealkylation sites (tertiary alicyclic amines) is 1. The highest BCUT2D eigenvalue weighted by molar-refractivity contribution is 5.84. The van der Waals surface area contributed by atoms with Crippen molar-refractivity contribution in [3.8, 4) is 0 Å². The number of halogens is 1. The number of nitrogens with zero attached hydrogens (tertiary/aromatic N) is 2. The Morgan fingerprint density at radius 2 is 1.95 bits per heavy atom. The van der Waals surface area contributed by atoms with Crippen LogP contribution in [0.5, 0.6) is 0 Å². The Bertz CT molecular complexity index is 580. The lowest BCUT2D eigenvalue weighted by Crippen LogP contribution is -2.18. The smallest absolute Gasteiger partial charge is 0.132 e. The maximum atomic E-state index is 14.2. The van der Waals surface area contributed by atoms with Crippen LogP contribution in [-0.2, 0) is 6.54 Å². The van der Waals surface area contributed by atoms with E-state index < -0.39 is 0 Å². The van der Waals surface area contributed by atoms with E-state index >= 15 is 0 Å². The van der Waals surface area contributed by atoms with Gasteiger partial charge in [0.1, 0.15) is 5.82 Å². The lowest BCUT2D eigenvalue weighted by atomic mass is 10.1. The molecule has 0 saturated carbocycles. The molecule has 2 nitrogen and oxygen atoms in total. The first-order valence-corrected chi connectivity index (χ1v) is 7.17. The minimum absolute atomic E-state index is 0.0916. The predicted molar refractivity (Wildman–Crippen MR) is 76.8 cm³/mol. The zero-order chi connectivity index (χ0) is 13.4. The van der Waals surface area contributed by atoms with Gasteiger partial charge in [0.2, 0.25) is 0 Å². The van der Waals surface area contributed by atoms with Crippen LogP contribution in [0.25, 0.3) is 10.9 Å². The molecule has 1 aromatic heterocycles. The average molecular weight is 260 g/mol. The summed E-state index contributed by atoms with van der Waals surface area (Å²) >= 11 is 0. The van der Waals surface area contributed by atoms with Gasteiger partial charge in [0.05, 0.1) is 5.52 Å². The molecule has 3 heteroatoms. The van der Waals surface area contributed by atoms with Crippen molar-refractivity contribution in [2.45, 2.75) is 39.3 Å². The van der Waals surface area contributed by atoms with E-state index in [-0.39, 0.29) is 5.82 Å². The van der Waals surface area contributed by atoms with Gasteiger partial charge in [-0.15, -0.1) is 0 Å². The highest BCUT2D eigenvalue weighted by atomic mass is 19.1. The van der Waals surface area contributed by atoms with Gasteiger partial charge in [-0.3, -0.25) is 4.90 Å². The first-order chi connectivity index (χ1) is 9.16. The summed E-state index contributed by atoms with van der Waals surface area (Å²) in [7, 11) is 0. The highest BCUT2D eigenvalue weighted by Crippen LogP contribution is 2.28. The number of fused-ring (bicyclic) bond motifs is 1. The molecule has 1 aromatic carbocycles. The van der Waals surface area contributed by atoms with Gasteiger partial charge in [0.15, 0.2) is 0 Å². The van der Waals surface area contributed by atoms with Gasteiger partial charge in [-0.05, 0) is 57.5 Å². The molecular formula is C16H21FN2. The molecule has 0 bridgehead atoms. The largest absolute Gasteiger partial charge is 0.345 e. The molecule has 0 amide bonds. The highest BCUT2D eigenvalue weighted by Gasteiger charge is 2.18. The summed E-state index contributed by atoms with van der Waals surface area (Å²) in [5.41, 5.74) is 2.15. The van der Waals surface area contributed by atoms with Crippen molar-refractivity contribution in [2.24, 2.45) is 0 Å². The van der Waals surface area contributed by atoms with Crippen LogP contribution in [0.2, 0.25) is 0 Å². The van der Waals surface area contributed by atoms with Gasteiger partial charge in [0.25, 0.3) is 0 Å². The van der Waals surface area contributed by atoms with Gasteiger partial charge in [-0.1, -0.05) is 6.07 Å². The Hall–Kier alpha value is -1.35. The molecule has 0 aliphatic carbocycles. The van der Waals surface area contributed by atoms with Crippen molar-refractivity contribution in [2.75, 3.05) is 13.1 Å². The van der Waals surface area contributed by atoms with E-state index in [2.05, 4.69) is 29.5 Å². The summed E-state index contributed by atoms with van der Waals surface area (Å²) in [5.74, 6) is -0.0916. The van der Waals surface area contributed by atoms with Gasteiger partial charge < -0.3 is 4.57 Å². The molecule has 1 aliphatic rings. The molecular weight excluding hydrogens is 239 g/mol. The molecule has 102 valence electrons. The van der Waals surface area contributed by atoms with E-state index in [1.807, 2.05) is 6.07 Å². The second-order valence-corrected chi connectivity index (χ2v) is 5.77. The van der Waals surface area contributed by atoms with Gasteiger partial charge in [-0.25, -0.2) is 4.39 Å². The number of hydrogen-bond donors (Lipinski definition) is 0. The second kappa shape index (κ2) is 4.97. The molecule has 0 N–H and O–H groups in total. The van der Waals surface area contributed by atoms with Crippen molar-refractivity contribution >= 4 is 10.9 Å². The molecule has 2 heterocycles. The molecule has 2 aromatic rings. The van der Waals surface area contributed by atoms with E-state index in [0.29, 0.717) is 6.04 Å². The van der Waals surface area contributed by atoms with Crippen LogP contribution in [0.15, 0.2) is 24.4 Å². The van der Waals surface area contributed by atoms with Crippen LogP contribution in [0, 0.1) is 5.82 Å². The summed E-state index contributed by atoms with van der Waals surface area (Å²) in [6.45, 7) is 7.44. The SMILES string of the molecule is CC(C)n1cc(CN2CCCC2)c2c(F)cccc21. The summed E-state index contributed by atoms with van der Waals surface area (Å²) in [4.78, 5) is 2.42. The minimum atomic E-state index is -0.0916. The standard InChI is InChI=1S/C16H21FN2/c1-12(2)19-11-13(10-18-8-3-4-9-18)16-14(17)6-5-7-15(16)19/h5-7,11-12H,3-4,8-10H2,1-2H3. The number of benzene rings is 1. The van der Waals surface area contributed by atoms with Crippen LogP contribution >= 0.6 is 0 Å². The zero-order valence-corrected chi connectivity index (χ0v) is 11.7. The molecule has 0 radical (unpaired) electrons. The van der Waals surface area contributed by atoms with Crippen LogP contribution in [0.1, 0.15) is 38.3 Å². The Kier molecular flexibility index (Phi) is 3.31. The third-order valence-electron chi connectivity index (χ3n) is 4.03. The van der Waals surface area contributed by atoms with E-state index in [1.54, 1.807) is 12.1 Å². The van der Waals surface area contributed by atoms with Crippen LogP contribution in [0.3, 0.4) is 0 Å². The van der Waals surface area contributed by atoms with E-state index in [4.69, 9.17) is 0 Å². The van der Waals surface area contributed by atoms with Gasteiger partial charge in [-0.2, -0.15) is 0 Å². The van der Waals surface area contributed by atoms with Crippen molar-refractivity contribution in [3.05, 3.63) is 35.8 Å². The molecule has 3 rings (SSSR count). The average Bonchev–Trinajstić information content (AvgIpc) is 2.98. The minimum Gasteiger partial charge on any atom is -0.345 e. The summed E-state index contributed by atoms with van der Waals surface area (Å²) < 4.78 is 16.3. The fourth-order valence-corrected chi connectivity index (χ4v) is 3.08. The van der Waals surface area contributed by atoms with Crippen molar-refractivity contribution in [1.82, 2.24) is 9.47 Å². The normalized spacial score (nSPS) is 16.8. The van der Waals surface area contributed by atoms with E-state index in [9.17, 15) is 4.39 Å². The first-order valence-electron chi connectivity index (χ1n) is 7.17. The Morgan fingerprint density at radius 3 is 2.63 bits per heavy atom. The quantitative estimate of drug-likeness (QED) is 0.811. The molecule has 0 spiro atoms. The maximum absolute atomic E-state index is 14.2. The Morgan fingerprint density at radius 1 is 1.21 bits per heavy atom.